The van der Waals surface area contributed by atoms with Crippen LogP contribution in [0.2, 0.25) is 0 Å². The van der Waals surface area contributed by atoms with Crippen molar-refractivity contribution >= 4 is 0 Å². The molecule has 4 atom stereocenters. The lowest BCUT2D eigenvalue weighted by atomic mass is 9.90. The maximum Gasteiger partial charge on any atom is 0.194 e. The van der Waals surface area contributed by atoms with Gasteiger partial charge in [0.25, 0.3) is 0 Å². The van der Waals surface area contributed by atoms with Gasteiger partial charge in [-0.2, -0.15) is 0 Å². The van der Waals surface area contributed by atoms with Gasteiger partial charge in [-0.05, 0) is 32.4 Å². The number of halogens is 3. The Balaban J connectivity index is 1.49. The number of nitrogens with zero attached hydrogens (tertiary/aromatic N) is 3. The highest BCUT2D eigenvalue weighted by Gasteiger charge is 2.54. The minimum absolute atomic E-state index is 0.0984. The predicted octanol–water partition coefficient (Wildman–Crippen LogP) is 3.35. The normalized spacial score (nSPS) is 33.0. The SMILES string of the molecule is CC1(C)OC[C@H]2O[C@@]3(CCCO3)C[C@H](n3cc(-c4cc(F)c(F)c(F)c4)nn3)[C@H]2O1. The zero-order valence-electron chi connectivity index (χ0n) is 16.6. The Kier molecular flexibility index (Phi) is 4.66. The van der Waals surface area contributed by atoms with Crippen LogP contribution in [-0.4, -0.2) is 52.0 Å². The van der Waals surface area contributed by atoms with Crippen LogP contribution in [0.5, 0.6) is 0 Å². The van der Waals surface area contributed by atoms with Crippen molar-refractivity contribution in [3.8, 4) is 11.3 Å². The number of hydrogen-bond donors (Lipinski definition) is 0. The monoisotopic (exact) mass is 425 g/mol. The summed E-state index contributed by atoms with van der Waals surface area (Å²) in [5.74, 6) is -5.62. The average Bonchev–Trinajstić information content (AvgIpc) is 3.35. The molecule has 0 bridgehead atoms. The van der Waals surface area contributed by atoms with Gasteiger partial charge < -0.3 is 18.9 Å². The van der Waals surface area contributed by atoms with Crippen LogP contribution in [0.4, 0.5) is 13.2 Å². The Morgan fingerprint density at radius 3 is 2.57 bits per heavy atom. The zero-order chi connectivity index (χ0) is 21.1. The van der Waals surface area contributed by atoms with Crippen LogP contribution < -0.4 is 0 Å². The molecule has 1 aromatic heterocycles. The Morgan fingerprint density at radius 1 is 1.10 bits per heavy atom. The first-order valence-corrected chi connectivity index (χ1v) is 9.96. The summed E-state index contributed by atoms with van der Waals surface area (Å²) in [6.07, 6.45) is 2.95. The summed E-state index contributed by atoms with van der Waals surface area (Å²) in [6.45, 7) is 4.60. The smallest absolute Gasteiger partial charge is 0.194 e. The molecule has 3 saturated heterocycles. The van der Waals surface area contributed by atoms with Crippen molar-refractivity contribution in [3.63, 3.8) is 0 Å². The lowest BCUT2D eigenvalue weighted by Crippen LogP contribution is -2.60. The molecule has 3 aliphatic rings. The average molecular weight is 425 g/mol. The Morgan fingerprint density at radius 2 is 1.87 bits per heavy atom. The maximum absolute atomic E-state index is 13.7. The van der Waals surface area contributed by atoms with Crippen molar-refractivity contribution in [3.05, 3.63) is 35.8 Å². The third-order valence-electron chi connectivity index (χ3n) is 5.84. The molecule has 0 amide bonds. The highest BCUT2D eigenvalue weighted by atomic mass is 19.2. The maximum atomic E-state index is 13.7. The lowest BCUT2D eigenvalue weighted by molar-refractivity contribution is -0.377. The van der Waals surface area contributed by atoms with Crippen LogP contribution in [0.1, 0.15) is 39.2 Å². The Labute approximate surface area is 171 Å². The molecule has 162 valence electrons. The summed E-state index contributed by atoms with van der Waals surface area (Å²) >= 11 is 0. The molecule has 0 saturated carbocycles. The molecule has 10 heteroatoms. The highest BCUT2D eigenvalue weighted by Crippen LogP contribution is 2.46. The van der Waals surface area contributed by atoms with Gasteiger partial charge >= 0.3 is 0 Å². The molecule has 1 aromatic carbocycles. The third kappa shape index (κ3) is 3.41. The van der Waals surface area contributed by atoms with Crippen molar-refractivity contribution in [2.24, 2.45) is 0 Å². The van der Waals surface area contributed by atoms with E-state index >= 15 is 0 Å². The largest absolute Gasteiger partial charge is 0.350 e. The molecule has 7 nitrogen and oxygen atoms in total. The standard InChI is InChI=1S/C20H22F3N3O4/c1-19(2)28-10-16-18(30-19)15(8-20(29-16)4-3-5-27-20)26-9-14(24-25-26)11-6-12(21)17(23)13(22)7-11/h6-7,9,15-16,18H,3-5,8,10H2,1-2H3/t15-,16+,18+,20-/m0/s1. The van der Waals surface area contributed by atoms with Crippen molar-refractivity contribution in [2.45, 2.75) is 62.9 Å². The predicted molar refractivity (Wildman–Crippen MR) is 96.7 cm³/mol. The minimum atomic E-state index is -1.52. The summed E-state index contributed by atoms with van der Waals surface area (Å²) in [6, 6.07) is 1.51. The van der Waals surface area contributed by atoms with Crippen LogP contribution in [0.3, 0.4) is 0 Å². The van der Waals surface area contributed by atoms with E-state index < -0.39 is 29.0 Å². The molecule has 0 unspecified atom stereocenters. The van der Waals surface area contributed by atoms with Crippen LogP contribution in [0.15, 0.2) is 18.3 Å². The lowest BCUT2D eigenvalue weighted by Gasteiger charge is -2.51. The van der Waals surface area contributed by atoms with E-state index in [1.54, 1.807) is 10.9 Å². The van der Waals surface area contributed by atoms with Gasteiger partial charge in [0.15, 0.2) is 29.0 Å². The molecule has 3 aliphatic heterocycles. The molecular formula is C20H22F3N3O4. The molecule has 30 heavy (non-hydrogen) atoms. The fourth-order valence-corrected chi connectivity index (χ4v) is 4.45. The molecule has 4 heterocycles. The summed E-state index contributed by atoms with van der Waals surface area (Å²) in [5.41, 5.74) is 0.324. The fourth-order valence-electron chi connectivity index (χ4n) is 4.45. The summed E-state index contributed by atoms with van der Waals surface area (Å²) in [7, 11) is 0. The van der Waals surface area contributed by atoms with Crippen LogP contribution in [0.25, 0.3) is 11.3 Å². The summed E-state index contributed by atoms with van der Waals surface area (Å²) in [4.78, 5) is 0. The van der Waals surface area contributed by atoms with Gasteiger partial charge in [0, 0.05) is 18.4 Å². The molecule has 5 rings (SSSR count). The van der Waals surface area contributed by atoms with Crippen molar-refractivity contribution < 1.29 is 32.1 Å². The molecule has 0 aliphatic carbocycles. The number of rotatable bonds is 2. The first-order chi connectivity index (χ1) is 14.3. The number of hydrogen-bond acceptors (Lipinski definition) is 6. The fraction of sp³-hybridized carbons (Fsp3) is 0.600. The van der Waals surface area contributed by atoms with Gasteiger partial charge in [0.05, 0.1) is 25.5 Å². The van der Waals surface area contributed by atoms with E-state index in [0.29, 0.717) is 19.6 Å². The van der Waals surface area contributed by atoms with E-state index in [0.717, 1.165) is 25.0 Å². The van der Waals surface area contributed by atoms with E-state index in [9.17, 15) is 13.2 Å². The van der Waals surface area contributed by atoms with E-state index in [4.69, 9.17) is 18.9 Å². The molecule has 0 N–H and O–H groups in total. The number of benzene rings is 1. The van der Waals surface area contributed by atoms with E-state index in [1.165, 1.54) is 0 Å². The molecule has 3 fully saturated rings. The van der Waals surface area contributed by atoms with Crippen molar-refractivity contribution in [2.75, 3.05) is 13.2 Å². The molecule has 2 aromatic rings. The third-order valence-corrected chi connectivity index (χ3v) is 5.84. The molecule has 1 spiro atoms. The van der Waals surface area contributed by atoms with Gasteiger partial charge in [-0.25, -0.2) is 17.9 Å². The molecular weight excluding hydrogens is 403 g/mol. The Hall–Kier alpha value is -2.01. The highest BCUT2D eigenvalue weighted by molar-refractivity contribution is 5.57. The first-order valence-electron chi connectivity index (χ1n) is 9.96. The summed E-state index contributed by atoms with van der Waals surface area (Å²) in [5, 5.41) is 8.24. The number of ether oxygens (including phenoxy) is 4. The second-order valence-electron chi connectivity index (χ2n) is 8.42. The topological polar surface area (TPSA) is 67.6 Å². The van der Waals surface area contributed by atoms with E-state index in [-0.39, 0.29) is 29.5 Å². The van der Waals surface area contributed by atoms with Gasteiger partial charge in [-0.15, -0.1) is 5.10 Å². The van der Waals surface area contributed by atoms with Gasteiger partial charge in [-0.3, -0.25) is 0 Å². The van der Waals surface area contributed by atoms with E-state index in [2.05, 4.69) is 10.3 Å². The first kappa shape index (κ1) is 19.9. The van der Waals surface area contributed by atoms with Crippen molar-refractivity contribution in [1.82, 2.24) is 15.0 Å². The van der Waals surface area contributed by atoms with Gasteiger partial charge in [0.1, 0.15) is 17.9 Å². The zero-order valence-corrected chi connectivity index (χ0v) is 16.6. The second-order valence-corrected chi connectivity index (χ2v) is 8.42. The molecule has 0 radical (unpaired) electrons. The Bertz CT molecular complexity index is 938. The van der Waals surface area contributed by atoms with Crippen LogP contribution >= 0.6 is 0 Å². The van der Waals surface area contributed by atoms with E-state index in [1.807, 2.05) is 13.8 Å². The van der Waals surface area contributed by atoms with Crippen LogP contribution in [0, 0.1) is 17.5 Å². The quantitative estimate of drug-likeness (QED) is 0.688. The second kappa shape index (κ2) is 7.01. The van der Waals surface area contributed by atoms with Crippen molar-refractivity contribution in [1.29, 1.82) is 0 Å². The number of fused-ring (bicyclic) bond motifs is 1. The van der Waals surface area contributed by atoms with Crippen LogP contribution in [-0.2, 0) is 18.9 Å². The van der Waals surface area contributed by atoms with Gasteiger partial charge in [0.2, 0.25) is 0 Å². The van der Waals surface area contributed by atoms with Gasteiger partial charge in [-0.1, -0.05) is 5.21 Å². The number of aromatic nitrogens is 3. The summed E-state index contributed by atoms with van der Waals surface area (Å²) < 4.78 is 66.3. The minimum Gasteiger partial charge on any atom is -0.350 e.